The zero-order valence-corrected chi connectivity index (χ0v) is 5.95. The van der Waals surface area contributed by atoms with Crippen LogP contribution < -0.4 is 11.5 Å². The summed E-state index contributed by atoms with van der Waals surface area (Å²) in [6, 6.07) is 0. The van der Waals surface area contributed by atoms with Gasteiger partial charge in [0.25, 0.3) is 0 Å². The average Bonchev–Trinajstić information content (AvgIpc) is 1.85. The molecule has 5 N–H and O–H groups in total. The van der Waals surface area contributed by atoms with Crippen LogP contribution in [0.5, 0.6) is 0 Å². The van der Waals surface area contributed by atoms with Crippen LogP contribution in [0, 0.1) is 5.92 Å². The molecule has 0 aromatic rings. The quantitative estimate of drug-likeness (QED) is 0.487. The fourth-order valence-electron chi connectivity index (χ4n) is 1.02. The largest absolute Gasteiger partial charge is 0.481 e. The van der Waals surface area contributed by atoms with E-state index in [4.69, 9.17) is 16.6 Å². The number of nitrogens with two attached hydrogens (primary N) is 2. The molecule has 1 aliphatic rings. The van der Waals surface area contributed by atoms with E-state index < -0.39 is 11.9 Å². The highest BCUT2D eigenvalue weighted by molar-refractivity contribution is 5.73. The number of hydrogen-bond donors (Lipinski definition) is 3. The highest BCUT2D eigenvalue weighted by Gasteiger charge is 2.18. The van der Waals surface area contributed by atoms with E-state index in [0.717, 1.165) is 0 Å². The lowest BCUT2D eigenvalue weighted by Crippen LogP contribution is -2.20. The van der Waals surface area contributed by atoms with Crippen molar-refractivity contribution in [2.75, 3.05) is 0 Å². The molecule has 11 heavy (non-hydrogen) atoms. The summed E-state index contributed by atoms with van der Waals surface area (Å²) in [7, 11) is 0. The Morgan fingerprint density at radius 1 is 1.64 bits per heavy atom. The summed E-state index contributed by atoms with van der Waals surface area (Å²) in [6.45, 7) is 0. The minimum absolute atomic E-state index is 0.357. The smallest absolute Gasteiger partial charge is 0.310 e. The highest BCUT2D eigenvalue weighted by Crippen LogP contribution is 2.17. The Hall–Kier alpha value is -1.45. The van der Waals surface area contributed by atoms with Gasteiger partial charge in [-0.2, -0.15) is 0 Å². The van der Waals surface area contributed by atoms with Crippen LogP contribution in [0.2, 0.25) is 0 Å². The first-order chi connectivity index (χ1) is 5.09. The van der Waals surface area contributed by atoms with Crippen LogP contribution in [0.25, 0.3) is 0 Å². The molecular formula is C7H10N2O2. The van der Waals surface area contributed by atoms with E-state index in [1.165, 1.54) is 6.08 Å². The highest BCUT2D eigenvalue weighted by atomic mass is 16.4. The van der Waals surface area contributed by atoms with Crippen molar-refractivity contribution in [2.24, 2.45) is 17.4 Å². The van der Waals surface area contributed by atoms with Gasteiger partial charge in [0, 0.05) is 17.8 Å². The summed E-state index contributed by atoms with van der Waals surface area (Å²) in [6.07, 6.45) is 3.44. The Balaban J connectivity index is 2.79. The Kier molecular flexibility index (Phi) is 1.85. The third-order valence-corrected chi connectivity index (χ3v) is 1.52. The predicted molar refractivity (Wildman–Crippen MR) is 40.3 cm³/mol. The summed E-state index contributed by atoms with van der Waals surface area (Å²) in [5.41, 5.74) is 11.8. The molecule has 1 rings (SSSR count). The van der Waals surface area contributed by atoms with Gasteiger partial charge >= 0.3 is 5.97 Å². The number of carboxylic acid groups (broad SMARTS) is 1. The molecular weight excluding hydrogens is 144 g/mol. The van der Waals surface area contributed by atoms with Gasteiger partial charge in [0.05, 0.1) is 5.92 Å². The van der Waals surface area contributed by atoms with Crippen LogP contribution in [0.3, 0.4) is 0 Å². The zero-order valence-electron chi connectivity index (χ0n) is 5.95. The van der Waals surface area contributed by atoms with Gasteiger partial charge in [0.2, 0.25) is 0 Å². The Labute approximate surface area is 64.2 Å². The van der Waals surface area contributed by atoms with Crippen molar-refractivity contribution < 1.29 is 9.90 Å². The molecule has 0 aliphatic heterocycles. The van der Waals surface area contributed by atoms with Crippen molar-refractivity contribution in [2.45, 2.75) is 6.42 Å². The first-order valence-electron chi connectivity index (χ1n) is 3.25. The summed E-state index contributed by atoms with van der Waals surface area (Å²) in [5.74, 6) is -1.44. The molecule has 0 aromatic carbocycles. The fourth-order valence-corrected chi connectivity index (χ4v) is 1.02. The molecule has 0 fully saturated rings. The summed E-state index contributed by atoms with van der Waals surface area (Å²) in [4.78, 5) is 10.5. The number of hydrogen-bond acceptors (Lipinski definition) is 3. The van der Waals surface area contributed by atoms with Gasteiger partial charge in [-0.15, -0.1) is 0 Å². The normalized spacial score (nSPS) is 23.8. The molecule has 0 spiro atoms. The molecule has 0 radical (unpaired) electrons. The fraction of sp³-hybridized carbons (Fsp3) is 0.286. The van der Waals surface area contributed by atoms with Crippen molar-refractivity contribution in [3.8, 4) is 0 Å². The Morgan fingerprint density at radius 3 is 2.73 bits per heavy atom. The lowest BCUT2D eigenvalue weighted by Gasteiger charge is -2.13. The second-order valence-electron chi connectivity index (χ2n) is 2.53. The van der Waals surface area contributed by atoms with E-state index in [0.29, 0.717) is 17.8 Å². The van der Waals surface area contributed by atoms with E-state index in [-0.39, 0.29) is 0 Å². The number of allylic oxidation sites excluding steroid dienone is 2. The lowest BCUT2D eigenvalue weighted by atomic mass is 9.97. The van der Waals surface area contributed by atoms with Gasteiger partial charge in [-0.1, -0.05) is 0 Å². The molecule has 0 amide bonds. The van der Waals surface area contributed by atoms with Gasteiger partial charge < -0.3 is 16.6 Å². The van der Waals surface area contributed by atoms with Gasteiger partial charge in [0.15, 0.2) is 0 Å². The molecule has 4 nitrogen and oxygen atoms in total. The molecule has 1 atom stereocenters. The molecule has 0 unspecified atom stereocenters. The van der Waals surface area contributed by atoms with E-state index in [1.54, 1.807) is 6.08 Å². The van der Waals surface area contributed by atoms with Crippen LogP contribution in [0.4, 0.5) is 0 Å². The van der Waals surface area contributed by atoms with E-state index in [1.807, 2.05) is 0 Å². The number of carbonyl (C=O) groups is 1. The van der Waals surface area contributed by atoms with Crippen molar-refractivity contribution in [3.05, 3.63) is 23.5 Å². The maximum atomic E-state index is 10.5. The van der Waals surface area contributed by atoms with E-state index >= 15 is 0 Å². The van der Waals surface area contributed by atoms with Crippen LogP contribution in [-0.2, 0) is 4.79 Å². The maximum Gasteiger partial charge on any atom is 0.310 e. The number of carboxylic acids is 1. The number of rotatable bonds is 1. The van der Waals surface area contributed by atoms with Crippen LogP contribution in [0.15, 0.2) is 23.5 Å². The molecule has 4 heteroatoms. The van der Waals surface area contributed by atoms with E-state index in [9.17, 15) is 4.79 Å². The maximum absolute atomic E-state index is 10.5. The third-order valence-electron chi connectivity index (χ3n) is 1.52. The first-order valence-corrected chi connectivity index (χ1v) is 3.25. The standard InChI is InChI=1S/C7H10N2O2/c8-5-1-4(7(10)11)2-6(9)3-5/h1,3-4H,2,8-9H2,(H,10,11)/t4-/m0/s1. The van der Waals surface area contributed by atoms with Gasteiger partial charge in [-0.25, -0.2) is 0 Å². The average molecular weight is 154 g/mol. The van der Waals surface area contributed by atoms with Crippen molar-refractivity contribution in [1.82, 2.24) is 0 Å². The second kappa shape index (κ2) is 2.65. The second-order valence-corrected chi connectivity index (χ2v) is 2.53. The SMILES string of the molecule is NC1=C[C@H](C(=O)O)CC(N)=C1. The summed E-state index contributed by atoms with van der Waals surface area (Å²) < 4.78 is 0. The summed E-state index contributed by atoms with van der Waals surface area (Å²) in [5, 5.41) is 8.59. The Morgan fingerprint density at radius 2 is 2.27 bits per heavy atom. The van der Waals surface area contributed by atoms with E-state index in [2.05, 4.69) is 0 Å². The van der Waals surface area contributed by atoms with Crippen LogP contribution >= 0.6 is 0 Å². The summed E-state index contributed by atoms with van der Waals surface area (Å²) >= 11 is 0. The predicted octanol–water partition coefficient (Wildman–Crippen LogP) is -0.224. The number of aliphatic carboxylic acids is 1. The minimum Gasteiger partial charge on any atom is -0.481 e. The molecule has 60 valence electrons. The minimum atomic E-state index is -0.885. The lowest BCUT2D eigenvalue weighted by molar-refractivity contribution is -0.140. The molecule has 0 heterocycles. The Bertz CT molecular complexity index is 243. The van der Waals surface area contributed by atoms with Gasteiger partial charge in [-0.3, -0.25) is 4.79 Å². The van der Waals surface area contributed by atoms with Crippen LogP contribution in [0.1, 0.15) is 6.42 Å². The van der Waals surface area contributed by atoms with Crippen molar-refractivity contribution in [1.29, 1.82) is 0 Å². The molecule has 0 aromatic heterocycles. The van der Waals surface area contributed by atoms with Gasteiger partial charge in [-0.05, 0) is 12.2 Å². The molecule has 0 saturated heterocycles. The van der Waals surface area contributed by atoms with Gasteiger partial charge in [0.1, 0.15) is 0 Å². The third kappa shape index (κ3) is 1.73. The first kappa shape index (κ1) is 7.65. The monoisotopic (exact) mass is 154 g/mol. The zero-order chi connectivity index (χ0) is 8.43. The molecule has 0 bridgehead atoms. The topological polar surface area (TPSA) is 89.3 Å². The molecule has 1 aliphatic carbocycles. The molecule has 0 saturated carbocycles. The van der Waals surface area contributed by atoms with Crippen LogP contribution in [-0.4, -0.2) is 11.1 Å². The van der Waals surface area contributed by atoms with Crippen molar-refractivity contribution in [3.63, 3.8) is 0 Å². The van der Waals surface area contributed by atoms with Crippen molar-refractivity contribution >= 4 is 5.97 Å².